The third-order valence-corrected chi connectivity index (χ3v) is 5.07. The van der Waals surface area contributed by atoms with Crippen molar-refractivity contribution in [3.8, 4) is 0 Å². The van der Waals surface area contributed by atoms with Crippen molar-refractivity contribution in [2.75, 3.05) is 33.4 Å². The molecule has 1 unspecified atom stereocenters. The molecule has 0 aromatic rings. The third kappa shape index (κ3) is 4.34. The van der Waals surface area contributed by atoms with E-state index in [-0.39, 0.29) is 24.2 Å². The normalized spacial score (nSPS) is 22.7. The lowest BCUT2D eigenvalue weighted by Crippen LogP contribution is -2.50. The van der Waals surface area contributed by atoms with Gasteiger partial charge in [0.1, 0.15) is 0 Å². The molecule has 2 N–H and O–H groups in total. The zero-order chi connectivity index (χ0) is 13.7. The van der Waals surface area contributed by atoms with E-state index in [1.165, 1.54) is 25.7 Å². The minimum absolute atomic E-state index is 0. The van der Waals surface area contributed by atoms with Crippen molar-refractivity contribution in [3.63, 3.8) is 0 Å². The van der Waals surface area contributed by atoms with Crippen LogP contribution in [0.3, 0.4) is 0 Å². The molecular formula is C15H29ClN2O2. The summed E-state index contributed by atoms with van der Waals surface area (Å²) in [6.07, 6.45) is 6.12. The van der Waals surface area contributed by atoms with Gasteiger partial charge in [0.2, 0.25) is 5.91 Å². The fraction of sp³-hybridized carbons (Fsp3) is 0.933. The van der Waals surface area contributed by atoms with E-state index in [9.17, 15) is 4.79 Å². The molecule has 1 amide bonds. The predicted molar refractivity (Wildman–Crippen MR) is 83.2 cm³/mol. The fourth-order valence-corrected chi connectivity index (χ4v) is 3.27. The molecular weight excluding hydrogens is 276 g/mol. The Labute approximate surface area is 128 Å². The maximum absolute atomic E-state index is 12.2. The van der Waals surface area contributed by atoms with Crippen molar-refractivity contribution in [3.05, 3.63) is 0 Å². The molecule has 1 aliphatic heterocycles. The molecule has 0 aromatic heterocycles. The van der Waals surface area contributed by atoms with Crippen molar-refractivity contribution in [1.82, 2.24) is 10.6 Å². The van der Waals surface area contributed by atoms with Gasteiger partial charge in [-0.2, -0.15) is 0 Å². The first-order chi connectivity index (χ1) is 9.17. The van der Waals surface area contributed by atoms with Gasteiger partial charge in [0.05, 0.1) is 0 Å². The van der Waals surface area contributed by atoms with Crippen LogP contribution in [0.5, 0.6) is 0 Å². The molecule has 0 spiro atoms. The van der Waals surface area contributed by atoms with Gasteiger partial charge in [-0.1, -0.05) is 19.8 Å². The number of halogens is 1. The molecule has 1 saturated heterocycles. The Hall–Kier alpha value is -0.320. The van der Waals surface area contributed by atoms with Gasteiger partial charge in [-0.3, -0.25) is 4.79 Å². The van der Waals surface area contributed by atoms with Crippen LogP contribution in [0.25, 0.3) is 0 Å². The van der Waals surface area contributed by atoms with E-state index in [1.54, 1.807) is 7.11 Å². The minimum atomic E-state index is 0. The number of hydrogen-bond acceptors (Lipinski definition) is 3. The topological polar surface area (TPSA) is 50.4 Å². The van der Waals surface area contributed by atoms with Crippen LogP contribution in [0.1, 0.15) is 39.0 Å². The van der Waals surface area contributed by atoms with Crippen LogP contribution in [0.15, 0.2) is 0 Å². The summed E-state index contributed by atoms with van der Waals surface area (Å²) < 4.78 is 5.23. The molecule has 0 aromatic carbocycles. The van der Waals surface area contributed by atoms with E-state index in [0.717, 1.165) is 32.7 Å². The van der Waals surface area contributed by atoms with Crippen LogP contribution in [0.2, 0.25) is 0 Å². The second-order valence-corrected chi connectivity index (χ2v) is 6.37. The number of hydrogen-bond donors (Lipinski definition) is 2. The van der Waals surface area contributed by atoms with Gasteiger partial charge in [-0.25, -0.2) is 0 Å². The van der Waals surface area contributed by atoms with Crippen LogP contribution in [-0.2, 0) is 9.53 Å². The quantitative estimate of drug-likeness (QED) is 0.756. The number of methoxy groups -OCH3 is 1. The number of carbonyl (C=O) groups excluding carboxylic acids is 1. The lowest BCUT2D eigenvalue weighted by Gasteiger charge is -2.34. The van der Waals surface area contributed by atoms with E-state index >= 15 is 0 Å². The first kappa shape index (κ1) is 17.7. The monoisotopic (exact) mass is 304 g/mol. The lowest BCUT2D eigenvalue weighted by molar-refractivity contribution is -0.127. The summed E-state index contributed by atoms with van der Waals surface area (Å²) in [5.41, 5.74) is 0.295. The Morgan fingerprint density at radius 3 is 2.55 bits per heavy atom. The Kier molecular flexibility index (Phi) is 7.27. The standard InChI is InChI=1S/C15H28N2O2.ClH/c1-12(13-9-16-10-13)14(18)17-11-15(7-8-19-2)5-3-4-6-15;/h12-13,16H,3-11H2,1-2H3,(H,17,18);1H. The molecule has 5 heteroatoms. The smallest absolute Gasteiger partial charge is 0.223 e. The van der Waals surface area contributed by atoms with Crippen molar-refractivity contribution in [1.29, 1.82) is 0 Å². The molecule has 0 bridgehead atoms. The number of amides is 1. The number of nitrogens with one attached hydrogen (secondary N) is 2. The van der Waals surface area contributed by atoms with Gasteiger partial charge in [0.15, 0.2) is 0 Å². The first-order valence-corrected chi connectivity index (χ1v) is 7.64. The predicted octanol–water partition coefficient (Wildman–Crippen LogP) is 1.98. The highest BCUT2D eigenvalue weighted by atomic mass is 35.5. The van der Waals surface area contributed by atoms with Crippen LogP contribution >= 0.6 is 12.4 Å². The summed E-state index contributed by atoms with van der Waals surface area (Å²) in [7, 11) is 1.76. The van der Waals surface area contributed by atoms with Crippen LogP contribution in [-0.4, -0.2) is 39.3 Å². The van der Waals surface area contributed by atoms with Gasteiger partial charge in [-0.15, -0.1) is 12.4 Å². The summed E-state index contributed by atoms with van der Waals surface area (Å²) in [6, 6.07) is 0. The summed E-state index contributed by atoms with van der Waals surface area (Å²) in [5, 5.41) is 6.43. The van der Waals surface area contributed by atoms with E-state index in [2.05, 4.69) is 17.6 Å². The molecule has 1 atom stereocenters. The molecule has 1 saturated carbocycles. The number of ether oxygens (including phenoxy) is 1. The Balaban J connectivity index is 0.00000200. The van der Waals surface area contributed by atoms with E-state index < -0.39 is 0 Å². The van der Waals surface area contributed by atoms with Gasteiger partial charge < -0.3 is 15.4 Å². The van der Waals surface area contributed by atoms with Gasteiger partial charge in [0.25, 0.3) is 0 Å². The van der Waals surface area contributed by atoms with Gasteiger partial charge in [0, 0.05) is 26.2 Å². The highest BCUT2D eigenvalue weighted by Crippen LogP contribution is 2.40. The zero-order valence-corrected chi connectivity index (χ0v) is 13.6. The molecule has 118 valence electrons. The second-order valence-electron chi connectivity index (χ2n) is 6.37. The van der Waals surface area contributed by atoms with Crippen molar-refractivity contribution < 1.29 is 9.53 Å². The minimum Gasteiger partial charge on any atom is -0.385 e. The fourth-order valence-electron chi connectivity index (χ4n) is 3.27. The summed E-state index contributed by atoms with van der Waals surface area (Å²) in [6.45, 7) is 5.67. The van der Waals surface area contributed by atoms with Crippen molar-refractivity contribution in [2.24, 2.45) is 17.3 Å². The average Bonchev–Trinajstić information content (AvgIpc) is 2.81. The maximum Gasteiger partial charge on any atom is 0.223 e. The van der Waals surface area contributed by atoms with Crippen LogP contribution < -0.4 is 10.6 Å². The van der Waals surface area contributed by atoms with Crippen molar-refractivity contribution in [2.45, 2.75) is 39.0 Å². The Bertz CT molecular complexity index is 302. The second kappa shape index (κ2) is 8.20. The molecule has 1 aliphatic carbocycles. The van der Waals surface area contributed by atoms with Gasteiger partial charge >= 0.3 is 0 Å². The lowest BCUT2D eigenvalue weighted by atomic mass is 9.82. The molecule has 2 rings (SSSR count). The maximum atomic E-state index is 12.2. The SMILES string of the molecule is COCCC1(CNC(=O)C(C)C2CNC2)CCCC1.Cl. The van der Waals surface area contributed by atoms with E-state index in [0.29, 0.717) is 11.3 Å². The highest BCUT2D eigenvalue weighted by Gasteiger charge is 2.35. The van der Waals surface area contributed by atoms with Gasteiger partial charge in [-0.05, 0) is 43.7 Å². The molecule has 1 heterocycles. The highest BCUT2D eigenvalue weighted by molar-refractivity contribution is 5.85. The van der Waals surface area contributed by atoms with Crippen LogP contribution in [0, 0.1) is 17.3 Å². The first-order valence-electron chi connectivity index (χ1n) is 7.64. The Morgan fingerprint density at radius 2 is 2.05 bits per heavy atom. The summed E-state index contributed by atoms with van der Waals surface area (Å²) in [4.78, 5) is 12.2. The Morgan fingerprint density at radius 1 is 1.40 bits per heavy atom. The average molecular weight is 305 g/mol. The van der Waals surface area contributed by atoms with Crippen LogP contribution in [0.4, 0.5) is 0 Å². The van der Waals surface area contributed by atoms with E-state index in [4.69, 9.17) is 4.74 Å². The summed E-state index contributed by atoms with van der Waals surface area (Å²) in [5.74, 6) is 0.899. The largest absolute Gasteiger partial charge is 0.385 e. The molecule has 2 aliphatic rings. The molecule has 0 radical (unpaired) electrons. The molecule has 4 nitrogen and oxygen atoms in total. The zero-order valence-electron chi connectivity index (χ0n) is 12.7. The molecule has 2 fully saturated rings. The number of rotatable bonds is 7. The van der Waals surface area contributed by atoms with E-state index in [1.807, 2.05) is 0 Å². The molecule has 20 heavy (non-hydrogen) atoms. The summed E-state index contributed by atoms with van der Waals surface area (Å²) >= 11 is 0. The third-order valence-electron chi connectivity index (χ3n) is 5.07. The number of carbonyl (C=O) groups is 1. The van der Waals surface area contributed by atoms with Crippen molar-refractivity contribution >= 4 is 18.3 Å².